The van der Waals surface area contributed by atoms with Gasteiger partial charge in [-0.25, -0.2) is 4.39 Å². The van der Waals surface area contributed by atoms with Crippen molar-refractivity contribution in [2.24, 2.45) is 0 Å². The maximum absolute atomic E-state index is 13.0. The number of hydrogen-bond donors (Lipinski definition) is 0. The largest absolute Gasteiger partial charge is 0.461 e. The van der Waals surface area contributed by atoms with Crippen molar-refractivity contribution < 1.29 is 13.7 Å². The molecule has 2 aliphatic rings. The predicted octanol–water partition coefficient (Wildman–Crippen LogP) is 4.17. The van der Waals surface area contributed by atoms with Crippen LogP contribution in [0.2, 0.25) is 5.82 Å². The lowest BCUT2D eigenvalue weighted by Crippen LogP contribution is -2.41. The van der Waals surface area contributed by atoms with Crippen LogP contribution in [0, 0.1) is 5.82 Å². The number of rotatable bonds is 2. The molecule has 108 valence electrons. The predicted molar refractivity (Wildman–Crippen MR) is 78.2 cm³/mol. The molecule has 0 unspecified atom stereocenters. The Morgan fingerprint density at radius 2 is 1.55 bits per heavy atom. The molecule has 4 heteroatoms. The number of benzene rings is 1. The summed E-state index contributed by atoms with van der Waals surface area (Å²) in [5.41, 5.74) is 0.638. The van der Waals surface area contributed by atoms with E-state index in [2.05, 4.69) is 27.7 Å². The van der Waals surface area contributed by atoms with Crippen LogP contribution in [0.5, 0.6) is 0 Å². The molecule has 1 saturated heterocycles. The molecule has 0 bridgehead atoms. The molecule has 1 aromatic carbocycles. The summed E-state index contributed by atoms with van der Waals surface area (Å²) in [4.78, 5) is 0. The maximum Gasteiger partial charge on any atom is 0.461 e. The first-order valence-corrected chi connectivity index (χ1v) is 7.41. The Labute approximate surface area is 120 Å². The standard InChI is InChI=1S/C16H22BFO2/c1-15(2)16(3,4)20-17(19-15)14-10-9-13(14)11-5-7-12(18)8-6-11/h5-8,13-14H,9-10H2,1-4H3/t13-,14+/m0/s1. The Kier molecular flexibility index (Phi) is 3.22. The van der Waals surface area contributed by atoms with Crippen LogP contribution in [0.4, 0.5) is 4.39 Å². The van der Waals surface area contributed by atoms with Crippen molar-refractivity contribution in [1.29, 1.82) is 0 Å². The van der Waals surface area contributed by atoms with E-state index >= 15 is 0 Å². The summed E-state index contributed by atoms with van der Waals surface area (Å²) in [6, 6.07) is 6.85. The molecule has 1 saturated carbocycles. The van der Waals surface area contributed by atoms with Gasteiger partial charge >= 0.3 is 7.12 Å². The molecule has 1 heterocycles. The molecule has 3 rings (SSSR count). The van der Waals surface area contributed by atoms with E-state index in [4.69, 9.17) is 9.31 Å². The van der Waals surface area contributed by atoms with Crippen molar-refractivity contribution in [3.05, 3.63) is 35.6 Å². The third-order valence-corrected chi connectivity index (χ3v) is 5.25. The Morgan fingerprint density at radius 3 is 2.00 bits per heavy atom. The van der Waals surface area contributed by atoms with Crippen molar-refractivity contribution in [1.82, 2.24) is 0 Å². The highest BCUT2D eigenvalue weighted by Gasteiger charge is 2.56. The van der Waals surface area contributed by atoms with Gasteiger partial charge in [-0.05, 0) is 57.7 Å². The summed E-state index contributed by atoms with van der Waals surface area (Å²) in [5.74, 6) is 0.618. The van der Waals surface area contributed by atoms with Gasteiger partial charge in [-0.3, -0.25) is 0 Å². The zero-order valence-corrected chi connectivity index (χ0v) is 12.7. The summed E-state index contributed by atoms with van der Waals surface area (Å²) in [7, 11) is -0.149. The van der Waals surface area contributed by atoms with Crippen LogP contribution in [0.3, 0.4) is 0 Å². The first-order chi connectivity index (χ1) is 9.30. The van der Waals surface area contributed by atoms with Gasteiger partial charge in [-0.2, -0.15) is 0 Å². The summed E-state index contributed by atoms with van der Waals surface area (Å²) in [6.45, 7) is 8.33. The van der Waals surface area contributed by atoms with Gasteiger partial charge in [0.1, 0.15) is 5.82 Å². The Morgan fingerprint density at radius 1 is 1.00 bits per heavy atom. The zero-order valence-electron chi connectivity index (χ0n) is 12.7. The van der Waals surface area contributed by atoms with Gasteiger partial charge < -0.3 is 9.31 Å². The molecule has 0 spiro atoms. The summed E-state index contributed by atoms with van der Waals surface area (Å²) < 4.78 is 25.3. The van der Waals surface area contributed by atoms with Crippen LogP contribution >= 0.6 is 0 Å². The third-order valence-electron chi connectivity index (χ3n) is 5.25. The molecule has 2 atom stereocenters. The van der Waals surface area contributed by atoms with Crippen molar-refractivity contribution in [2.45, 2.75) is 63.5 Å². The normalized spacial score (nSPS) is 31.1. The average molecular weight is 276 g/mol. The van der Waals surface area contributed by atoms with Crippen molar-refractivity contribution in [3.8, 4) is 0 Å². The monoisotopic (exact) mass is 276 g/mol. The van der Waals surface area contributed by atoms with Crippen LogP contribution in [0.15, 0.2) is 24.3 Å². The highest BCUT2D eigenvalue weighted by Crippen LogP contribution is 2.53. The fourth-order valence-electron chi connectivity index (χ4n) is 3.04. The van der Waals surface area contributed by atoms with Crippen LogP contribution in [0.25, 0.3) is 0 Å². The molecule has 1 aromatic rings. The van der Waals surface area contributed by atoms with Gasteiger partial charge in [-0.15, -0.1) is 0 Å². The molecule has 1 aliphatic carbocycles. The third kappa shape index (κ3) is 2.19. The van der Waals surface area contributed by atoms with Gasteiger partial charge in [0.05, 0.1) is 11.2 Å². The Balaban J connectivity index is 1.75. The highest BCUT2D eigenvalue weighted by atomic mass is 19.1. The minimum Gasteiger partial charge on any atom is -0.403 e. The van der Waals surface area contributed by atoms with E-state index in [-0.39, 0.29) is 24.1 Å². The lowest BCUT2D eigenvalue weighted by atomic mass is 9.52. The van der Waals surface area contributed by atoms with Gasteiger partial charge in [0, 0.05) is 5.82 Å². The number of halogens is 1. The van der Waals surface area contributed by atoms with Crippen molar-refractivity contribution in [2.75, 3.05) is 0 Å². The fourth-order valence-corrected chi connectivity index (χ4v) is 3.04. The molecule has 0 aromatic heterocycles. The van der Waals surface area contributed by atoms with Crippen LogP contribution in [0.1, 0.15) is 52.0 Å². The zero-order chi connectivity index (χ0) is 14.5. The molecule has 2 fully saturated rings. The van der Waals surface area contributed by atoms with E-state index in [9.17, 15) is 4.39 Å². The van der Waals surface area contributed by atoms with Gasteiger partial charge in [0.25, 0.3) is 0 Å². The SMILES string of the molecule is CC1(C)OB([C@@H]2CC[C@H]2c2ccc(F)cc2)OC1(C)C. The second kappa shape index (κ2) is 4.57. The van der Waals surface area contributed by atoms with E-state index < -0.39 is 0 Å². The smallest absolute Gasteiger partial charge is 0.403 e. The van der Waals surface area contributed by atoms with E-state index in [0.717, 1.165) is 12.8 Å². The molecule has 20 heavy (non-hydrogen) atoms. The minimum atomic E-state index is -0.277. The molecule has 0 N–H and O–H groups in total. The second-order valence-corrected chi connectivity index (χ2v) is 7.02. The molecule has 2 nitrogen and oxygen atoms in total. The first kappa shape index (κ1) is 14.1. The second-order valence-electron chi connectivity index (χ2n) is 7.02. The van der Waals surface area contributed by atoms with Gasteiger partial charge in [0.2, 0.25) is 0 Å². The molecular formula is C16H22BFO2. The van der Waals surface area contributed by atoms with E-state index in [1.807, 2.05) is 12.1 Å². The molecular weight excluding hydrogens is 254 g/mol. The lowest BCUT2D eigenvalue weighted by molar-refractivity contribution is 0.00578. The van der Waals surface area contributed by atoms with Crippen LogP contribution in [-0.4, -0.2) is 18.3 Å². The highest BCUT2D eigenvalue weighted by molar-refractivity contribution is 6.48. The Bertz CT molecular complexity index is 482. The van der Waals surface area contributed by atoms with Crippen LogP contribution in [-0.2, 0) is 9.31 Å². The van der Waals surface area contributed by atoms with E-state index in [1.165, 1.54) is 17.7 Å². The van der Waals surface area contributed by atoms with Crippen molar-refractivity contribution >= 4 is 7.12 Å². The maximum atomic E-state index is 13.0. The lowest BCUT2D eigenvalue weighted by Gasteiger charge is -2.38. The van der Waals surface area contributed by atoms with Crippen LogP contribution < -0.4 is 0 Å². The summed E-state index contributed by atoms with van der Waals surface area (Å²) in [6.07, 6.45) is 2.24. The average Bonchev–Trinajstić information content (AvgIpc) is 2.49. The summed E-state index contributed by atoms with van der Waals surface area (Å²) >= 11 is 0. The minimum absolute atomic E-state index is 0.149. The Hall–Kier alpha value is -0.865. The number of hydrogen-bond acceptors (Lipinski definition) is 2. The first-order valence-electron chi connectivity index (χ1n) is 7.41. The molecule has 0 radical (unpaired) electrons. The summed E-state index contributed by atoms with van der Waals surface area (Å²) in [5, 5.41) is 0. The molecule has 1 aliphatic heterocycles. The van der Waals surface area contributed by atoms with Gasteiger partial charge in [-0.1, -0.05) is 18.6 Å². The van der Waals surface area contributed by atoms with E-state index in [0.29, 0.717) is 11.7 Å². The quantitative estimate of drug-likeness (QED) is 0.755. The van der Waals surface area contributed by atoms with E-state index in [1.54, 1.807) is 0 Å². The topological polar surface area (TPSA) is 18.5 Å². The van der Waals surface area contributed by atoms with Crippen molar-refractivity contribution in [3.63, 3.8) is 0 Å². The van der Waals surface area contributed by atoms with Gasteiger partial charge in [0.15, 0.2) is 0 Å². The fraction of sp³-hybridized carbons (Fsp3) is 0.625. The molecule has 0 amide bonds.